The Bertz CT molecular complexity index is 3090. The molecule has 9 atom stereocenters. The number of nitrogens with one attached hydrogen (secondary N) is 3. The maximum Gasteiger partial charge on any atom is 0.336 e. The van der Waals surface area contributed by atoms with Gasteiger partial charge in [-0.15, -0.1) is 0 Å². The molecule has 19 heteroatoms. The summed E-state index contributed by atoms with van der Waals surface area (Å²) in [6.45, 7) is 2.01. The Morgan fingerprint density at radius 2 is 1.71 bits per heavy atom. The molecule has 1 saturated carbocycles. The van der Waals surface area contributed by atoms with Gasteiger partial charge in [-0.2, -0.15) is 0 Å². The molecule has 9 unspecified atom stereocenters. The molecular weight excluding hydrogens is 945 g/mol. The third-order valence-corrected chi connectivity index (χ3v) is 14.8. The number of benzene rings is 4. The quantitative estimate of drug-likeness (QED) is 0.0610. The zero-order valence-corrected chi connectivity index (χ0v) is 39.7. The van der Waals surface area contributed by atoms with Crippen LogP contribution in [0.2, 0.25) is 0 Å². The molecule has 0 spiro atoms. The van der Waals surface area contributed by atoms with Gasteiger partial charge in [0.15, 0.2) is 34.7 Å². The van der Waals surface area contributed by atoms with Crippen LogP contribution in [-0.2, 0) is 28.0 Å². The monoisotopic (exact) mass is 1000 g/mol. The molecule has 4 aromatic carbocycles. The number of aromatic nitrogens is 1. The number of H-pyrrole nitrogens is 1. The summed E-state index contributed by atoms with van der Waals surface area (Å²) in [6, 6.07) is 25.4. The van der Waals surface area contributed by atoms with Gasteiger partial charge in [0, 0.05) is 48.6 Å². The highest BCUT2D eigenvalue weighted by Crippen LogP contribution is 2.54. The molecular formula is C54H58N4O15. The molecule has 2 bridgehead atoms. The van der Waals surface area contributed by atoms with Crippen molar-refractivity contribution in [2.24, 2.45) is 5.92 Å². The Labute approximate surface area is 418 Å². The molecule has 2 aliphatic heterocycles. The second kappa shape index (κ2) is 19.5. The lowest BCUT2D eigenvalue weighted by Crippen LogP contribution is -2.79. The first-order valence-electron chi connectivity index (χ1n) is 24.3. The van der Waals surface area contributed by atoms with E-state index in [0.29, 0.717) is 73.5 Å². The molecule has 10 rings (SSSR count). The minimum atomic E-state index is -2.66. The third kappa shape index (κ3) is 8.95. The highest BCUT2D eigenvalue weighted by molar-refractivity contribution is 5.90. The summed E-state index contributed by atoms with van der Waals surface area (Å²) in [5.74, 6) is -3.70. The van der Waals surface area contributed by atoms with Crippen LogP contribution in [0, 0.1) is 5.92 Å². The molecule has 13 N–H and O–H groups in total. The maximum atomic E-state index is 14.3. The van der Waals surface area contributed by atoms with Crippen LogP contribution in [0.1, 0.15) is 61.1 Å². The topological polar surface area (TPSA) is 312 Å². The largest absolute Gasteiger partial charge is 0.508 e. The van der Waals surface area contributed by atoms with E-state index in [1.54, 1.807) is 36.4 Å². The zero-order chi connectivity index (χ0) is 51.4. The number of aromatic hydroxyl groups is 2. The number of ether oxygens (including phenoxy) is 4. The Morgan fingerprint density at radius 3 is 2.37 bits per heavy atom. The van der Waals surface area contributed by atoms with Crippen LogP contribution in [0.15, 0.2) is 118 Å². The van der Waals surface area contributed by atoms with Gasteiger partial charge in [0.25, 0.3) is 0 Å². The van der Waals surface area contributed by atoms with Gasteiger partial charge in [0.1, 0.15) is 57.5 Å². The van der Waals surface area contributed by atoms with Gasteiger partial charge >= 0.3 is 5.97 Å². The molecule has 0 radical (unpaired) electrons. The summed E-state index contributed by atoms with van der Waals surface area (Å²) in [5.41, 5.74) is 1.58. The van der Waals surface area contributed by atoms with Crippen molar-refractivity contribution in [2.75, 3.05) is 25.6 Å². The number of aliphatic carboxylic acids is 1. The van der Waals surface area contributed by atoms with Crippen LogP contribution in [0.4, 0.5) is 5.82 Å². The number of nitrogens with two attached hydrogens (primary N) is 1. The van der Waals surface area contributed by atoms with Crippen LogP contribution in [0.3, 0.4) is 0 Å². The van der Waals surface area contributed by atoms with Gasteiger partial charge in [-0.25, -0.2) is 4.79 Å². The fourth-order valence-electron chi connectivity index (χ4n) is 11.2. The van der Waals surface area contributed by atoms with Gasteiger partial charge in [0.2, 0.25) is 12.0 Å². The van der Waals surface area contributed by atoms with E-state index < -0.39 is 94.7 Å². The van der Waals surface area contributed by atoms with Crippen molar-refractivity contribution >= 4 is 22.8 Å². The molecule has 2 aliphatic carbocycles. The highest BCUT2D eigenvalue weighted by Gasteiger charge is 2.71. The number of phenols is 2. The van der Waals surface area contributed by atoms with Crippen molar-refractivity contribution in [2.45, 2.75) is 99.0 Å². The number of aliphatic hydroxyl groups is 5. The number of phenolic OH excluding ortho intramolecular Hbond substituents is 2. The molecule has 2 saturated heterocycles. The fraction of sp³-hybridized carbons (Fsp3) is 0.370. The predicted molar refractivity (Wildman–Crippen MR) is 264 cm³/mol. The maximum absolute atomic E-state index is 14.3. The lowest BCUT2D eigenvalue weighted by Gasteiger charge is -2.58. The fourth-order valence-corrected chi connectivity index (χ4v) is 11.2. The van der Waals surface area contributed by atoms with Crippen molar-refractivity contribution in [3.63, 3.8) is 0 Å². The van der Waals surface area contributed by atoms with Gasteiger partial charge in [-0.3, -0.25) is 10.1 Å². The predicted octanol–water partition coefficient (Wildman–Crippen LogP) is 3.99. The molecule has 2 aromatic heterocycles. The standard InChI is InChI=1S/C54H58N4O15/c1-2-28-19-32(21-33(60)20-28)52(16-6-7-17-52)73-47-40(23-39-43(46(47)63)37(61)22-38(70-39)30-10-12-34(13-11-30)69-41(26-59)45(62)35-14-15-42(55)58-35)71-51-53(67)24-31(18-29-8-4-3-5-9-29)44(36-25-56-27-57-36)54(68,50(53)66)48(72-51)49(64)65/h3-5,8-15,19-24,36,41,44-45,48,50-51,56-60,62-63,66-68H,2,6-7,16-18,25-27,55H2,1H3,(H,64,65). The van der Waals surface area contributed by atoms with Crippen molar-refractivity contribution in [3.8, 4) is 40.1 Å². The Balaban J connectivity index is 1.09. The van der Waals surface area contributed by atoms with Gasteiger partial charge in [0.05, 0.1) is 6.61 Å². The molecule has 4 aliphatic rings. The number of nitrogen functional groups attached to an aromatic ring is 1. The van der Waals surface area contributed by atoms with Gasteiger partial charge < -0.3 is 80.3 Å². The van der Waals surface area contributed by atoms with E-state index >= 15 is 0 Å². The molecule has 3 fully saturated rings. The number of rotatable bonds is 16. The summed E-state index contributed by atoms with van der Waals surface area (Å²) in [6.07, 6.45) is -4.68. The van der Waals surface area contributed by atoms with E-state index in [2.05, 4.69) is 15.6 Å². The van der Waals surface area contributed by atoms with E-state index in [1.165, 1.54) is 30.3 Å². The number of aromatic amines is 1. The Kier molecular flexibility index (Phi) is 13.2. The number of aliphatic hydroxyl groups excluding tert-OH is 3. The first kappa shape index (κ1) is 49.6. The number of fused-ring (bicyclic) bond motifs is 3. The lowest BCUT2D eigenvalue weighted by atomic mass is 9.59. The first-order chi connectivity index (χ1) is 35.0. The highest BCUT2D eigenvalue weighted by atomic mass is 16.7. The molecule has 4 heterocycles. The average molecular weight is 1000 g/mol. The van der Waals surface area contributed by atoms with Crippen LogP contribution in [-0.4, -0.2) is 113 Å². The summed E-state index contributed by atoms with van der Waals surface area (Å²) in [7, 11) is 0. The van der Waals surface area contributed by atoms with Crippen molar-refractivity contribution in [1.29, 1.82) is 0 Å². The number of carbonyl (C=O) groups is 1. The van der Waals surface area contributed by atoms with Crippen molar-refractivity contribution < 1.29 is 69.0 Å². The Hall–Kier alpha value is -6.94. The molecule has 0 amide bonds. The van der Waals surface area contributed by atoms with E-state index in [-0.39, 0.29) is 34.6 Å². The second-order valence-corrected chi connectivity index (χ2v) is 19.4. The van der Waals surface area contributed by atoms with Gasteiger partial charge in [-0.1, -0.05) is 48.9 Å². The lowest BCUT2D eigenvalue weighted by molar-refractivity contribution is -0.344. The van der Waals surface area contributed by atoms with Crippen molar-refractivity contribution in [3.05, 3.63) is 141 Å². The number of carboxylic acids is 1. The number of hydrogen-bond donors (Lipinski definition) is 12. The number of hydrogen-bond acceptors (Lipinski definition) is 17. The molecule has 384 valence electrons. The molecule has 73 heavy (non-hydrogen) atoms. The van der Waals surface area contributed by atoms with Crippen LogP contribution in [0.5, 0.6) is 28.7 Å². The molecule has 19 nitrogen and oxygen atoms in total. The van der Waals surface area contributed by atoms with Crippen LogP contribution < -0.4 is 36.0 Å². The number of anilines is 1. The van der Waals surface area contributed by atoms with Crippen LogP contribution >= 0.6 is 0 Å². The average Bonchev–Trinajstić information content (AvgIpc) is 4.19. The van der Waals surface area contributed by atoms with E-state index in [0.717, 1.165) is 11.1 Å². The van der Waals surface area contributed by atoms with E-state index in [1.807, 2.05) is 43.3 Å². The number of carboxylic acid groups (broad SMARTS) is 1. The summed E-state index contributed by atoms with van der Waals surface area (Å²) in [4.78, 5) is 30.5. The van der Waals surface area contributed by atoms with Crippen molar-refractivity contribution in [1.82, 2.24) is 15.6 Å². The summed E-state index contributed by atoms with van der Waals surface area (Å²) >= 11 is 0. The van der Waals surface area contributed by atoms with Crippen LogP contribution in [0.25, 0.3) is 22.3 Å². The smallest absolute Gasteiger partial charge is 0.336 e. The molecule has 6 aromatic rings. The minimum Gasteiger partial charge on any atom is -0.508 e. The third-order valence-electron chi connectivity index (χ3n) is 14.8. The van der Waals surface area contributed by atoms with Gasteiger partial charge in [-0.05, 0) is 110 Å². The Morgan fingerprint density at radius 1 is 0.959 bits per heavy atom. The second-order valence-electron chi connectivity index (χ2n) is 19.4. The summed E-state index contributed by atoms with van der Waals surface area (Å²) in [5, 5.41) is 99.0. The van der Waals surface area contributed by atoms with E-state index in [9.17, 15) is 50.4 Å². The van der Waals surface area contributed by atoms with E-state index in [4.69, 9.17) is 29.1 Å². The minimum absolute atomic E-state index is 0.0134. The zero-order valence-electron chi connectivity index (χ0n) is 39.7. The SMILES string of the molecule is CCc1cc(O)cc(C2(Oc3c(OC4OC(C(=O)O)C5(O)C(C6CNCN6)C(Cc6ccccc6)=CC4(O)C5O)cc4oc(-c5ccc(OC(CO)C(O)c6ccc(N)[nH]6)cc5)cc(=O)c4c3O)CCCC2)c1. The summed E-state index contributed by atoms with van der Waals surface area (Å²) < 4.78 is 31.8. The first-order valence-corrected chi connectivity index (χ1v) is 24.3. The normalized spacial score (nSPS) is 26.3. The number of aryl methyl sites for hydroxylation is 1.